The monoisotopic (exact) mass is 438 g/mol. The van der Waals surface area contributed by atoms with E-state index in [1.807, 2.05) is 37.8 Å². The standard InChI is InChI=1S/C27H35FN2O2/c1-26(2,3)32-25(31)30-18-15-27(24(20-30)22-9-11-23(28)12-10-22)13-16-29(17-14-27)19-21-7-5-4-6-8-21/h4-12,24H,13-20H2,1-3H3/t24-/m0/s1. The Balaban J connectivity index is 1.50. The Kier molecular flexibility index (Phi) is 6.57. The Hall–Kier alpha value is -2.40. The fourth-order valence-corrected chi connectivity index (χ4v) is 5.28. The molecule has 1 atom stereocenters. The number of ether oxygens (including phenoxy) is 1. The smallest absolute Gasteiger partial charge is 0.410 e. The topological polar surface area (TPSA) is 32.8 Å². The molecule has 1 amide bonds. The molecule has 0 saturated carbocycles. The average Bonchev–Trinajstić information content (AvgIpc) is 2.76. The molecule has 2 aromatic rings. The van der Waals surface area contributed by atoms with Gasteiger partial charge in [0.1, 0.15) is 11.4 Å². The Morgan fingerprint density at radius 1 is 1.00 bits per heavy atom. The minimum Gasteiger partial charge on any atom is -0.444 e. The summed E-state index contributed by atoms with van der Waals surface area (Å²) in [5, 5.41) is 0. The van der Waals surface area contributed by atoms with Gasteiger partial charge >= 0.3 is 6.09 Å². The molecule has 32 heavy (non-hydrogen) atoms. The Bertz CT molecular complexity index is 900. The van der Waals surface area contributed by atoms with E-state index in [0.717, 1.165) is 44.5 Å². The van der Waals surface area contributed by atoms with Gasteiger partial charge in [-0.1, -0.05) is 42.5 Å². The molecule has 2 saturated heterocycles. The molecule has 0 aromatic heterocycles. The van der Waals surface area contributed by atoms with E-state index in [4.69, 9.17) is 4.74 Å². The highest BCUT2D eigenvalue weighted by molar-refractivity contribution is 5.68. The first kappa shape index (κ1) is 22.8. The number of halogens is 1. The summed E-state index contributed by atoms with van der Waals surface area (Å²) in [6.07, 6.45) is 2.88. The van der Waals surface area contributed by atoms with Gasteiger partial charge in [-0.2, -0.15) is 0 Å². The highest BCUT2D eigenvalue weighted by atomic mass is 19.1. The van der Waals surface area contributed by atoms with Crippen molar-refractivity contribution in [2.45, 2.75) is 58.1 Å². The zero-order chi connectivity index (χ0) is 22.8. The van der Waals surface area contributed by atoms with Crippen molar-refractivity contribution in [3.63, 3.8) is 0 Å². The van der Waals surface area contributed by atoms with Gasteiger partial charge in [-0.25, -0.2) is 9.18 Å². The van der Waals surface area contributed by atoms with E-state index in [2.05, 4.69) is 35.2 Å². The fourth-order valence-electron chi connectivity index (χ4n) is 5.28. The second-order valence-corrected chi connectivity index (χ2v) is 10.4. The Morgan fingerprint density at radius 2 is 1.62 bits per heavy atom. The molecule has 0 unspecified atom stereocenters. The minimum absolute atomic E-state index is 0.129. The first-order valence-electron chi connectivity index (χ1n) is 11.7. The van der Waals surface area contributed by atoms with Crippen molar-refractivity contribution in [1.29, 1.82) is 0 Å². The molecule has 2 aromatic carbocycles. The Labute approximate surface area is 191 Å². The molecule has 172 valence electrons. The van der Waals surface area contributed by atoms with Crippen LogP contribution in [0.5, 0.6) is 0 Å². The van der Waals surface area contributed by atoms with Gasteiger partial charge in [0.15, 0.2) is 0 Å². The lowest BCUT2D eigenvalue weighted by Crippen LogP contribution is -2.53. The van der Waals surface area contributed by atoms with Crippen LogP contribution in [0.4, 0.5) is 9.18 Å². The largest absolute Gasteiger partial charge is 0.444 e. The second kappa shape index (κ2) is 9.22. The van der Waals surface area contributed by atoms with Crippen LogP contribution in [0.15, 0.2) is 54.6 Å². The molecule has 2 aliphatic heterocycles. The molecule has 2 fully saturated rings. The molecule has 4 nitrogen and oxygen atoms in total. The summed E-state index contributed by atoms with van der Waals surface area (Å²) in [6.45, 7) is 10.1. The maximum absolute atomic E-state index is 13.6. The van der Waals surface area contributed by atoms with E-state index in [9.17, 15) is 9.18 Å². The van der Waals surface area contributed by atoms with Crippen LogP contribution >= 0.6 is 0 Å². The lowest BCUT2D eigenvalue weighted by molar-refractivity contribution is -0.0140. The van der Waals surface area contributed by atoms with Crippen molar-refractivity contribution in [1.82, 2.24) is 9.80 Å². The first-order valence-corrected chi connectivity index (χ1v) is 11.7. The number of benzene rings is 2. The molecule has 2 heterocycles. The zero-order valence-electron chi connectivity index (χ0n) is 19.5. The number of hydrogen-bond acceptors (Lipinski definition) is 3. The van der Waals surface area contributed by atoms with Gasteiger partial charge in [0.25, 0.3) is 0 Å². The molecule has 0 radical (unpaired) electrons. The van der Waals surface area contributed by atoms with Crippen LogP contribution in [0.2, 0.25) is 0 Å². The van der Waals surface area contributed by atoms with Gasteiger partial charge in [-0.05, 0) is 81.8 Å². The van der Waals surface area contributed by atoms with Gasteiger partial charge in [0.05, 0.1) is 0 Å². The van der Waals surface area contributed by atoms with Crippen LogP contribution < -0.4 is 0 Å². The summed E-state index contributed by atoms with van der Waals surface area (Å²) in [5.41, 5.74) is 2.08. The molecule has 4 rings (SSSR count). The van der Waals surface area contributed by atoms with Crippen molar-refractivity contribution in [3.8, 4) is 0 Å². The van der Waals surface area contributed by atoms with Gasteiger partial charge in [-0.3, -0.25) is 4.90 Å². The highest BCUT2D eigenvalue weighted by Gasteiger charge is 2.46. The quantitative estimate of drug-likeness (QED) is 0.604. The van der Waals surface area contributed by atoms with E-state index in [1.165, 1.54) is 5.56 Å². The molecular weight excluding hydrogens is 403 g/mol. The van der Waals surface area contributed by atoms with Crippen molar-refractivity contribution >= 4 is 6.09 Å². The Morgan fingerprint density at radius 3 is 2.25 bits per heavy atom. The third kappa shape index (κ3) is 5.32. The van der Waals surface area contributed by atoms with Crippen LogP contribution in [0.25, 0.3) is 0 Å². The number of nitrogens with zero attached hydrogens (tertiary/aromatic N) is 2. The van der Waals surface area contributed by atoms with Gasteiger partial charge in [0, 0.05) is 25.6 Å². The molecule has 1 spiro atoms. The van der Waals surface area contributed by atoms with Gasteiger partial charge in [0.2, 0.25) is 0 Å². The third-order valence-corrected chi connectivity index (χ3v) is 7.05. The van der Waals surface area contributed by atoms with Crippen molar-refractivity contribution in [3.05, 3.63) is 71.5 Å². The number of carbonyl (C=O) groups excluding carboxylic acids is 1. The number of piperidine rings is 2. The molecule has 2 aliphatic rings. The highest BCUT2D eigenvalue weighted by Crippen LogP contribution is 2.50. The van der Waals surface area contributed by atoms with Crippen LogP contribution in [0.3, 0.4) is 0 Å². The summed E-state index contributed by atoms with van der Waals surface area (Å²) < 4.78 is 19.3. The number of carbonyl (C=O) groups is 1. The third-order valence-electron chi connectivity index (χ3n) is 7.05. The van der Waals surface area contributed by atoms with Crippen molar-refractivity contribution in [2.75, 3.05) is 26.2 Å². The number of likely N-dealkylation sites (tertiary alicyclic amines) is 2. The normalized spacial score (nSPS) is 21.5. The SMILES string of the molecule is CC(C)(C)OC(=O)N1CCC2(CCN(Cc3ccccc3)CC2)[C@H](c2ccc(F)cc2)C1. The van der Waals surface area contributed by atoms with Crippen LogP contribution in [-0.4, -0.2) is 47.7 Å². The van der Waals surface area contributed by atoms with Crippen molar-refractivity contribution in [2.24, 2.45) is 5.41 Å². The first-order chi connectivity index (χ1) is 15.2. The zero-order valence-corrected chi connectivity index (χ0v) is 19.5. The second-order valence-electron chi connectivity index (χ2n) is 10.4. The predicted octanol–water partition coefficient (Wildman–Crippen LogP) is 5.83. The van der Waals surface area contributed by atoms with E-state index in [-0.39, 0.29) is 23.2 Å². The summed E-state index contributed by atoms with van der Waals surface area (Å²) in [6, 6.07) is 17.5. The lowest BCUT2D eigenvalue weighted by Gasteiger charge is -2.52. The van der Waals surface area contributed by atoms with Gasteiger partial charge < -0.3 is 9.64 Å². The molecule has 0 aliphatic carbocycles. The molecule has 0 bridgehead atoms. The maximum atomic E-state index is 13.6. The summed E-state index contributed by atoms with van der Waals surface area (Å²) in [7, 11) is 0. The van der Waals surface area contributed by atoms with Gasteiger partial charge in [-0.15, -0.1) is 0 Å². The van der Waals surface area contributed by atoms with E-state index < -0.39 is 5.60 Å². The van der Waals surface area contributed by atoms with Crippen molar-refractivity contribution < 1.29 is 13.9 Å². The maximum Gasteiger partial charge on any atom is 0.410 e. The van der Waals surface area contributed by atoms with Crippen LogP contribution in [0.1, 0.15) is 57.1 Å². The van der Waals surface area contributed by atoms with Crippen LogP contribution in [0, 0.1) is 11.2 Å². The fraction of sp³-hybridized carbons (Fsp3) is 0.519. The minimum atomic E-state index is -0.514. The lowest BCUT2D eigenvalue weighted by atomic mass is 9.62. The number of rotatable bonds is 3. The molecule has 0 N–H and O–H groups in total. The van der Waals surface area contributed by atoms with E-state index >= 15 is 0 Å². The number of hydrogen-bond donors (Lipinski definition) is 0. The number of amides is 1. The summed E-state index contributed by atoms with van der Waals surface area (Å²) in [4.78, 5) is 17.2. The molecule has 5 heteroatoms. The average molecular weight is 439 g/mol. The summed E-state index contributed by atoms with van der Waals surface area (Å²) in [5.74, 6) is -0.0384. The predicted molar refractivity (Wildman–Crippen MR) is 125 cm³/mol. The molecular formula is C27H35FN2O2. The summed E-state index contributed by atoms with van der Waals surface area (Å²) >= 11 is 0. The van der Waals surface area contributed by atoms with Crippen LogP contribution in [-0.2, 0) is 11.3 Å². The van der Waals surface area contributed by atoms with E-state index in [0.29, 0.717) is 13.1 Å². The van der Waals surface area contributed by atoms with E-state index in [1.54, 1.807) is 12.1 Å².